The van der Waals surface area contributed by atoms with Crippen molar-refractivity contribution in [3.8, 4) is 0 Å². The number of nitrogens with one attached hydrogen (secondary N) is 1. The average Bonchev–Trinajstić information content (AvgIpc) is 2.42. The Bertz CT molecular complexity index is 575. The number of halogens is 2. The SMILES string of the molecule is CCNC(C)c1c(F)cccc1Sc1ccc(Br)cn1. The van der Waals surface area contributed by atoms with E-state index in [0.717, 1.165) is 20.9 Å². The van der Waals surface area contributed by atoms with Crippen LogP contribution < -0.4 is 5.32 Å². The summed E-state index contributed by atoms with van der Waals surface area (Å²) in [5.41, 5.74) is 0.698. The van der Waals surface area contributed by atoms with Crippen molar-refractivity contribution >= 4 is 27.7 Å². The van der Waals surface area contributed by atoms with Crippen LogP contribution in [-0.2, 0) is 0 Å². The molecule has 2 rings (SSSR count). The fraction of sp³-hybridized carbons (Fsp3) is 0.267. The minimum atomic E-state index is -0.180. The summed E-state index contributed by atoms with van der Waals surface area (Å²) in [5.74, 6) is -0.180. The first-order chi connectivity index (χ1) is 9.61. The lowest BCUT2D eigenvalue weighted by molar-refractivity contribution is 0.531. The first kappa shape index (κ1) is 15.5. The standard InChI is InChI=1S/C15H16BrFN2S/c1-3-18-10(2)15-12(17)5-4-6-13(15)20-14-8-7-11(16)9-19-14/h4-10,18H,3H2,1-2H3. The predicted octanol–water partition coefficient (Wildman–Crippen LogP) is 4.80. The lowest BCUT2D eigenvalue weighted by atomic mass is 10.1. The Hall–Kier alpha value is -0.910. The Morgan fingerprint density at radius 1 is 1.35 bits per heavy atom. The van der Waals surface area contributed by atoms with Gasteiger partial charge in [-0.25, -0.2) is 9.37 Å². The number of aromatic nitrogens is 1. The molecule has 0 saturated heterocycles. The predicted molar refractivity (Wildman–Crippen MR) is 84.6 cm³/mol. The zero-order valence-electron chi connectivity index (χ0n) is 11.4. The number of pyridine rings is 1. The van der Waals surface area contributed by atoms with Crippen molar-refractivity contribution in [1.29, 1.82) is 0 Å². The van der Waals surface area contributed by atoms with Gasteiger partial charge in [0, 0.05) is 27.2 Å². The van der Waals surface area contributed by atoms with Crippen LogP contribution >= 0.6 is 27.7 Å². The summed E-state index contributed by atoms with van der Waals surface area (Å²) in [6, 6.07) is 8.99. The van der Waals surface area contributed by atoms with Crippen LogP contribution in [-0.4, -0.2) is 11.5 Å². The summed E-state index contributed by atoms with van der Waals surface area (Å²) >= 11 is 4.84. The second-order valence-electron chi connectivity index (χ2n) is 4.35. The highest BCUT2D eigenvalue weighted by atomic mass is 79.9. The minimum absolute atomic E-state index is 0.0286. The van der Waals surface area contributed by atoms with Gasteiger partial charge in [0.2, 0.25) is 0 Å². The zero-order chi connectivity index (χ0) is 14.5. The Morgan fingerprint density at radius 3 is 2.80 bits per heavy atom. The average molecular weight is 355 g/mol. The van der Waals surface area contributed by atoms with Gasteiger partial charge in [0.15, 0.2) is 0 Å². The number of hydrogen-bond donors (Lipinski definition) is 1. The molecule has 0 aliphatic carbocycles. The van der Waals surface area contributed by atoms with Gasteiger partial charge in [0.05, 0.1) is 0 Å². The topological polar surface area (TPSA) is 24.9 Å². The monoisotopic (exact) mass is 354 g/mol. The van der Waals surface area contributed by atoms with Crippen molar-refractivity contribution in [1.82, 2.24) is 10.3 Å². The number of rotatable bonds is 5. The van der Waals surface area contributed by atoms with Crippen molar-refractivity contribution in [3.05, 3.63) is 52.4 Å². The molecule has 0 aliphatic rings. The molecule has 1 aromatic heterocycles. The van der Waals surface area contributed by atoms with Gasteiger partial charge in [0.1, 0.15) is 10.8 Å². The quantitative estimate of drug-likeness (QED) is 0.834. The Morgan fingerprint density at radius 2 is 2.15 bits per heavy atom. The fourth-order valence-electron chi connectivity index (χ4n) is 1.97. The summed E-state index contributed by atoms with van der Waals surface area (Å²) in [7, 11) is 0. The van der Waals surface area contributed by atoms with E-state index in [9.17, 15) is 4.39 Å². The van der Waals surface area contributed by atoms with E-state index in [1.807, 2.05) is 32.0 Å². The van der Waals surface area contributed by atoms with Crippen molar-refractivity contribution < 1.29 is 4.39 Å². The summed E-state index contributed by atoms with van der Waals surface area (Å²) in [5, 5.41) is 4.11. The molecule has 2 nitrogen and oxygen atoms in total. The van der Waals surface area contributed by atoms with Crippen LogP contribution in [0.1, 0.15) is 25.5 Å². The smallest absolute Gasteiger partial charge is 0.129 e. The summed E-state index contributed by atoms with van der Waals surface area (Å²) in [4.78, 5) is 5.22. The maximum atomic E-state index is 14.1. The van der Waals surface area contributed by atoms with Gasteiger partial charge >= 0.3 is 0 Å². The highest BCUT2D eigenvalue weighted by molar-refractivity contribution is 9.10. The lowest BCUT2D eigenvalue weighted by Crippen LogP contribution is -2.19. The van der Waals surface area contributed by atoms with Crippen LogP contribution in [0.25, 0.3) is 0 Å². The second-order valence-corrected chi connectivity index (χ2v) is 6.33. The summed E-state index contributed by atoms with van der Waals surface area (Å²) < 4.78 is 15.0. The van der Waals surface area contributed by atoms with Gasteiger partial charge < -0.3 is 5.32 Å². The molecule has 0 fully saturated rings. The first-order valence-corrected chi connectivity index (χ1v) is 8.04. The summed E-state index contributed by atoms with van der Waals surface area (Å²) in [6.07, 6.45) is 1.75. The number of benzene rings is 1. The van der Waals surface area contributed by atoms with Gasteiger partial charge in [-0.05, 0) is 53.7 Å². The molecule has 0 saturated carbocycles. The molecule has 0 bridgehead atoms. The van der Waals surface area contributed by atoms with E-state index < -0.39 is 0 Å². The third-order valence-corrected chi connectivity index (χ3v) is 4.37. The van der Waals surface area contributed by atoms with Gasteiger partial charge in [-0.3, -0.25) is 0 Å². The van der Waals surface area contributed by atoms with E-state index in [1.165, 1.54) is 17.8 Å². The fourth-order valence-corrected chi connectivity index (χ4v) is 3.20. The molecule has 1 aromatic carbocycles. The highest BCUT2D eigenvalue weighted by Crippen LogP contribution is 2.34. The minimum Gasteiger partial charge on any atom is -0.310 e. The van der Waals surface area contributed by atoms with E-state index in [2.05, 4.69) is 26.2 Å². The third kappa shape index (κ3) is 3.81. The zero-order valence-corrected chi connectivity index (χ0v) is 13.8. The van der Waals surface area contributed by atoms with Crippen LogP contribution in [0.5, 0.6) is 0 Å². The van der Waals surface area contributed by atoms with E-state index in [4.69, 9.17) is 0 Å². The van der Waals surface area contributed by atoms with E-state index >= 15 is 0 Å². The molecule has 1 atom stereocenters. The molecule has 1 heterocycles. The molecule has 1 unspecified atom stereocenters. The van der Waals surface area contributed by atoms with Crippen LogP contribution in [0, 0.1) is 5.82 Å². The van der Waals surface area contributed by atoms with E-state index in [-0.39, 0.29) is 11.9 Å². The molecular weight excluding hydrogens is 339 g/mol. The maximum absolute atomic E-state index is 14.1. The van der Waals surface area contributed by atoms with Gasteiger partial charge in [-0.15, -0.1) is 0 Å². The van der Waals surface area contributed by atoms with Crippen LogP contribution in [0.4, 0.5) is 4.39 Å². The Balaban J connectivity index is 2.31. The van der Waals surface area contributed by atoms with Crippen molar-refractivity contribution in [2.45, 2.75) is 29.8 Å². The molecular formula is C15H16BrFN2S. The normalized spacial score (nSPS) is 12.4. The molecule has 106 valence electrons. The van der Waals surface area contributed by atoms with Crippen LogP contribution in [0.15, 0.2) is 50.9 Å². The molecule has 0 spiro atoms. The molecule has 5 heteroatoms. The van der Waals surface area contributed by atoms with Crippen molar-refractivity contribution in [2.75, 3.05) is 6.54 Å². The number of nitrogens with zero attached hydrogens (tertiary/aromatic N) is 1. The molecule has 0 radical (unpaired) electrons. The molecule has 0 amide bonds. The number of hydrogen-bond acceptors (Lipinski definition) is 3. The highest BCUT2D eigenvalue weighted by Gasteiger charge is 2.16. The third-order valence-electron chi connectivity index (χ3n) is 2.87. The Labute approximate surface area is 131 Å². The molecule has 1 N–H and O–H groups in total. The van der Waals surface area contributed by atoms with E-state index in [0.29, 0.717) is 5.56 Å². The van der Waals surface area contributed by atoms with E-state index in [1.54, 1.807) is 12.3 Å². The van der Waals surface area contributed by atoms with Crippen molar-refractivity contribution in [2.24, 2.45) is 0 Å². The second kappa shape index (κ2) is 7.20. The van der Waals surface area contributed by atoms with Gasteiger partial charge in [0.25, 0.3) is 0 Å². The lowest BCUT2D eigenvalue weighted by Gasteiger charge is -2.17. The largest absolute Gasteiger partial charge is 0.310 e. The molecule has 0 aliphatic heterocycles. The molecule has 20 heavy (non-hydrogen) atoms. The van der Waals surface area contributed by atoms with Crippen LogP contribution in [0.2, 0.25) is 0 Å². The van der Waals surface area contributed by atoms with Gasteiger partial charge in [-0.1, -0.05) is 24.8 Å². The molecule has 2 aromatic rings. The summed E-state index contributed by atoms with van der Waals surface area (Å²) in [6.45, 7) is 4.79. The van der Waals surface area contributed by atoms with Crippen molar-refractivity contribution in [3.63, 3.8) is 0 Å². The van der Waals surface area contributed by atoms with Crippen LogP contribution in [0.3, 0.4) is 0 Å². The van der Waals surface area contributed by atoms with Gasteiger partial charge in [-0.2, -0.15) is 0 Å². The Kier molecular flexibility index (Phi) is 5.57. The first-order valence-electron chi connectivity index (χ1n) is 6.43. The maximum Gasteiger partial charge on any atom is 0.129 e.